The third-order valence-electron chi connectivity index (χ3n) is 5.10. The SMILES string of the molecule is CC.CC.CCCN(C)C(=O)c1ccc(-c2cc(C(N)=O)no2)cc1.c1ccc2c(c1)CCC2. The molecule has 1 aromatic heterocycles. The van der Waals surface area contributed by atoms with Gasteiger partial charge in [0, 0.05) is 30.8 Å². The van der Waals surface area contributed by atoms with E-state index in [1.807, 2.05) is 34.6 Å². The van der Waals surface area contributed by atoms with Gasteiger partial charge in [0.1, 0.15) is 0 Å². The van der Waals surface area contributed by atoms with Crippen molar-refractivity contribution in [3.8, 4) is 11.3 Å². The van der Waals surface area contributed by atoms with Crippen molar-refractivity contribution >= 4 is 11.8 Å². The molecular weight excluding hydrogens is 426 g/mol. The van der Waals surface area contributed by atoms with E-state index in [1.54, 1.807) is 47.3 Å². The van der Waals surface area contributed by atoms with Crippen molar-refractivity contribution in [3.63, 3.8) is 0 Å². The van der Waals surface area contributed by atoms with Crippen LogP contribution in [0.1, 0.15) is 79.4 Å². The number of fused-ring (bicyclic) bond motifs is 1. The molecule has 0 saturated heterocycles. The molecule has 6 heteroatoms. The Bertz CT molecular complexity index is 987. The lowest BCUT2D eigenvalue weighted by Gasteiger charge is -2.15. The molecule has 2 N–H and O–H groups in total. The Morgan fingerprint density at radius 2 is 1.53 bits per heavy atom. The number of benzene rings is 2. The van der Waals surface area contributed by atoms with Gasteiger partial charge < -0.3 is 15.2 Å². The number of nitrogens with two attached hydrogens (primary N) is 1. The van der Waals surface area contributed by atoms with Gasteiger partial charge in [0.15, 0.2) is 11.5 Å². The fourth-order valence-electron chi connectivity index (χ4n) is 3.48. The molecule has 0 radical (unpaired) electrons. The van der Waals surface area contributed by atoms with Crippen molar-refractivity contribution in [2.24, 2.45) is 5.73 Å². The summed E-state index contributed by atoms with van der Waals surface area (Å²) >= 11 is 0. The summed E-state index contributed by atoms with van der Waals surface area (Å²) in [5, 5.41) is 3.58. The smallest absolute Gasteiger partial charge is 0.270 e. The first-order valence-electron chi connectivity index (χ1n) is 12.2. The van der Waals surface area contributed by atoms with E-state index in [9.17, 15) is 9.59 Å². The Balaban J connectivity index is 0.000000366. The van der Waals surface area contributed by atoms with Gasteiger partial charge in [-0.3, -0.25) is 9.59 Å². The normalized spacial score (nSPS) is 10.9. The molecule has 184 valence electrons. The Morgan fingerprint density at radius 1 is 0.971 bits per heavy atom. The highest BCUT2D eigenvalue weighted by atomic mass is 16.5. The summed E-state index contributed by atoms with van der Waals surface area (Å²) in [6, 6.07) is 17.1. The molecule has 6 nitrogen and oxygen atoms in total. The molecule has 34 heavy (non-hydrogen) atoms. The fourth-order valence-corrected chi connectivity index (χ4v) is 3.48. The van der Waals surface area contributed by atoms with Crippen molar-refractivity contribution in [2.45, 2.75) is 60.3 Å². The molecule has 0 fully saturated rings. The average Bonchev–Trinajstić information content (AvgIpc) is 3.57. The molecule has 0 aliphatic heterocycles. The summed E-state index contributed by atoms with van der Waals surface area (Å²) in [5.74, 6) is -0.235. The van der Waals surface area contributed by atoms with Gasteiger partial charge in [0.05, 0.1) is 0 Å². The summed E-state index contributed by atoms with van der Waals surface area (Å²) in [6.07, 6.45) is 4.87. The Labute approximate surface area is 204 Å². The molecule has 0 saturated carbocycles. The number of nitrogens with zero attached hydrogens (tertiary/aromatic N) is 2. The van der Waals surface area contributed by atoms with E-state index in [4.69, 9.17) is 10.3 Å². The van der Waals surface area contributed by atoms with Crippen LogP contribution in [0.25, 0.3) is 11.3 Å². The van der Waals surface area contributed by atoms with Gasteiger partial charge in [-0.2, -0.15) is 0 Å². The summed E-state index contributed by atoms with van der Waals surface area (Å²) in [5.41, 5.74) is 9.66. The minimum absolute atomic E-state index is 0.0289. The van der Waals surface area contributed by atoms with E-state index in [2.05, 4.69) is 29.4 Å². The Morgan fingerprint density at radius 3 is 2.00 bits per heavy atom. The number of aromatic nitrogens is 1. The first-order valence-corrected chi connectivity index (χ1v) is 12.2. The minimum atomic E-state index is -0.641. The molecule has 1 heterocycles. The van der Waals surface area contributed by atoms with Crippen LogP contribution in [0.2, 0.25) is 0 Å². The zero-order valence-corrected chi connectivity index (χ0v) is 21.4. The Hall–Kier alpha value is -3.41. The second-order valence-corrected chi connectivity index (χ2v) is 7.37. The number of aryl methyl sites for hydroxylation is 2. The highest BCUT2D eigenvalue weighted by Gasteiger charge is 2.13. The number of amides is 2. The molecule has 1 aliphatic rings. The van der Waals surface area contributed by atoms with Gasteiger partial charge in [0.2, 0.25) is 0 Å². The van der Waals surface area contributed by atoms with E-state index in [0.717, 1.165) is 12.0 Å². The van der Waals surface area contributed by atoms with Crippen LogP contribution in [0.4, 0.5) is 0 Å². The van der Waals surface area contributed by atoms with Crippen LogP contribution in [0.3, 0.4) is 0 Å². The van der Waals surface area contributed by atoms with Crippen molar-refractivity contribution in [2.75, 3.05) is 13.6 Å². The third-order valence-corrected chi connectivity index (χ3v) is 5.10. The quantitative estimate of drug-likeness (QED) is 0.489. The summed E-state index contributed by atoms with van der Waals surface area (Å²) in [6.45, 7) is 10.7. The van der Waals surface area contributed by atoms with Crippen molar-refractivity contribution in [1.29, 1.82) is 0 Å². The van der Waals surface area contributed by atoms with E-state index in [1.165, 1.54) is 25.3 Å². The second kappa shape index (κ2) is 15.4. The monoisotopic (exact) mass is 465 g/mol. The van der Waals surface area contributed by atoms with Crippen LogP contribution in [-0.2, 0) is 12.8 Å². The van der Waals surface area contributed by atoms with Crippen LogP contribution in [0.5, 0.6) is 0 Å². The number of rotatable bonds is 5. The van der Waals surface area contributed by atoms with Crippen LogP contribution < -0.4 is 5.73 Å². The van der Waals surface area contributed by atoms with Crippen LogP contribution in [-0.4, -0.2) is 35.5 Å². The standard InChI is InChI=1S/C15H17N3O3.C9H10.2C2H6/c1-3-8-18(2)15(20)11-6-4-10(5-7-11)13-9-12(14(16)19)17-21-13;1-2-5-9-7-3-6-8(9)4-1;2*1-2/h4-7,9H,3,8H2,1-2H3,(H2,16,19);1-2,4-5H,3,6-7H2;2*1-2H3. The predicted molar refractivity (Wildman–Crippen MR) is 139 cm³/mol. The largest absolute Gasteiger partial charge is 0.364 e. The second-order valence-electron chi connectivity index (χ2n) is 7.37. The van der Waals surface area contributed by atoms with Crippen molar-refractivity contribution in [3.05, 3.63) is 77.0 Å². The first kappa shape index (κ1) is 28.6. The topological polar surface area (TPSA) is 89.4 Å². The molecule has 0 spiro atoms. The summed E-state index contributed by atoms with van der Waals surface area (Å²) in [4.78, 5) is 24.8. The lowest BCUT2D eigenvalue weighted by molar-refractivity contribution is 0.0795. The number of hydrogen-bond acceptors (Lipinski definition) is 4. The van der Waals surface area contributed by atoms with Gasteiger partial charge in [0.25, 0.3) is 11.8 Å². The van der Waals surface area contributed by atoms with Gasteiger partial charge in [-0.1, -0.05) is 76.2 Å². The van der Waals surface area contributed by atoms with E-state index < -0.39 is 5.91 Å². The molecule has 2 amide bonds. The molecule has 0 bridgehead atoms. The highest BCUT2D eigenvalue weighted by molar-refractivity contribution is 5.94. The molecular formula is C28H39N3O3. The minimum Gasteiger partial charge on any atom is -0.364 e. The van der Waals surface area contributed by atoms with E-state index in [-0.39, 0.29) is 11.6 Å². The van der Waals surface area contributed by atoms with Crippen LogP contribution in [0, 0.1) is 0 Å². The maximum atomic E-state index is 12.1. The Kier molecular flexibility index (Phi) is 13.0. The van der Waals surface area contributed by atoms with Crippen LogP contribution >= 0.6 is 0 Å². The number of hydrogen-bond donors (Lipinski definition) is 1. The fraction of sp³-hybridized carbons (Fsp3) is 0.393. The number of carbonyl (C=O) groups is 2. The van der Waals surface area contributed by atoms with Gasteiger partial charge >= 0.3 is 0 Å². The molecule has 3 aromatic rings. The number of primary amides is 1. The molecule has 1 aliphatic carbocycles. The lowest BCUT2D eigenvalue weighted by Crippen LogP contribution is -2.27. The molecule has 0 atom stereocenters. The molecule has 0 unspecified atom stereocenters. The van der Waals surface area contributed by atoms with Gasteiger partial charge in [-0.05, 0) is 48.9 Å². The molecule has 4 rings (SSSR count). The maximum absolute atomic E-state index is 12.1. The number of carbonyl (C=O) groups excluding carboxylic acids is 2. The zero-order chi connectivity index (χ0) is 25.5. The predicted octanol–water partition coefficient (Wildman–Crippen LogP) is 6.15. The highest BCUT2D eigenvalue weighted by Crippen LogP contribution is 2.21. The maximum Gasteiger partial charge on any atom is 0.270 e. The zero-order valence-electron chi connectivity index (χ0n) is 21.4. The van der Waals surface area contributed by atoms with Crippen LogP contribution in [0.15, 0.2) is 59.1 Å². The molecule has 2 aromatic carbocycles. The van der Waals surface area contributed by atoms with Crippen molar-refractivity contribution < 1.29 is 14.1 Å². The van der Waals surface area contributed by atoms with E-state index >= 15 is 0 Å². The summed E-state index contributed by atoms with van der Waals surface area (Å²) in [7, 11) is 1.77. The summed E-state index contributed by atoms with van der Waals surface area (Å²) < 4.78 is 5.05. The van der Waals surface area contributed by atoms with Gasteiger partial charge in [-0.15, -0.1) is 0 Å². The van der Waals surface area contributed by atoms with E-state index in [0.29, 0.717) is 17.9 Å². The average molecular weight is 466 g/mol. The third kappa shape index (κ3) is 8.18. The lowest BCUT2D eigenvalue weighted by atomic mass is 10.1. The van der Waals surface area contributed by atoms with Gasteiger partial charge in [-0.25, -0.2) is 0 Å². The van der Waals surface area contributed by atoms with Crippen molar-refractivity contribution in [1.82, 2.24) is 10.1 Å². The first-order chi connectivity index (χ1) is 16.5.